The lowest BCUT2D eigenvalue weighted by atomic mass is 10.1. The molecule has 1 aromatic carbocycles. The number of carbonyl (C=O) groups is 1. The summed E-state index contributed by atoms with van der Waals surface area (Å²) in [6.07, 6.45) is 1.06. The Kier molecular flexibility index (Phi) is 8.11. The van der Waals surface area contributed by atoms with Gasteiger partial charge in [-0.25, -0.2) is 0 Å². The Bertz CT molecular complexity index is 512. The molecular formula is C17H27N3O3. The molecule has 1 amide bonds. The molecule has 0 aromatic heterocycles. The maximum Gasteiger partial charge on any atom is 0.261 e. The Morgan fingerprint density at radius 2 is 1.87 bits per heavy atom. The second kappa shape index (κ2) is 9.84. The smallest absolute Gasteiger partial charge is 0.261 e. The van der Waals surface area contributed by atoms with Crippen LogP contribution in [0.25, 0.3) is 0 Å². The minimum absolute atomic E-state index is 0.0620. The highest BCUT2D eigenvalue weighted by molar-refractivity contribution is 5.81. The summed E-state index contributed by atoms with van der Waals surface area (Å²) in [4.78, 5) is 16.8. The SMILES string of the molecule is CCc1ccc(C(C)NC(=O)CO/N=C(\N)COC(C)C)cc1. The Balaban J connectivity index is 2.36. The number of amidine groups is 1. The monoisotopic (exact) mass is 321 g/mol. The third kappa shape index (κ3) is 7.65. The molecule has 1 unspecified atom stereocenters. The highest BCUT2D eigenvalue weighted by Crippen LogP contribution is 2.13. The number of benzene rings is 1. The number of nitrogens with one attached hydrogen (secondary N) is 1. The second-order valence-electron chi connectivity index (χ2n) is 5.60. The summed E-state index contributed by atoms with van der Waals surface area (Å²) in [6.45, 7) is 7.83. The van der Waals surface area contributed by atoms with Gasteiger partial charge in [0.15, 0.2) is 12.4 Å². The number of nitrogens with zero attached hydrogens (tertiary/aromatic N) is 1. The fourth-order valence-corrected chi connectivity index (χ4v) is 1.86. The second-order valence-corrected chi connectivity index (χ2v) is 5.60. The first-order valence-corrected chi connectivity index (χ1v) is 7.86. The summed E-state index contributed by atoms with van der Waals surface area (Å²) in [5, 5.41) is 6.50. The van der Waals surface area contributed by atoms with E-state index in [4.69, 9.17) is 15.3 Å². The molecule has 6 heteroatoms. The molecule has 0 aliphatic rings. The minimum atomic E-state index is -0.251. The normalized spacial score (nSPS) is 13.0. The molecule has 0 radical (unpaired) electrons. The molecule has 0 aliphatic carbocycles. The van der Waals surface area contributed by atoms with Crippen LogP contribution >= 0.6 is 0 Å². The molecular weight excluding hydrogens is 294 g/mol. The first-order chi connectivity index (χ1) is 10.9. The molecule has 3 N–H and O–H groups in total. The summed E-state index contributed by atoms with van der Waals surface area (Å²) >= 11 is 0. The number of carbonyl (C=O) groups excluding carboxylic acids is 1. The zero-order valence-corrected chi connectivity index (χ0v) is 14.3. The molecule has 23 heavy (non-hydrogen) atoms. The van der Waals surface area contributed by atoms with Crippen LogP contribution < -0.4 is 11.1 Å². The number of aryl methyl sites for hydroxylation is 1. The van der Waals surface area contributed by atoms with Crippen LogP contribution in [0, 0.1) is 0 Å². The third-order valence-corrected chi connectivity index (χ3v) is 3.21. The van der Waals surface area contributed by atoms with Crippen LogP contribution in [0.5, 0.6) is 0 Å². The van der Waals surface area contributed by atoms with Gasteiger partial charge in [0, 0.05) is 0 Å². The molecule has 0 saturated heterocycles. The van der Waals surface area contributed by atoms with Crippen molar-refractivity contribution >= 4 is 11.7 Å². The van der Waals surface area contributed by atoms with Crippen molar-refractivity contribution in [2.45, 2.75) is 46.3 Å². The van der Waals surface area contributed by atoms with E-state index in [0.29, 0.717) is 0 Å². The molecule has 0 aliphatic heterocycles. The zero-order chi connectivity index (χ0) is 17.2. The van der Waals surface area contributed by atoms with Gasteiger partial charge >= 0.3 is 0 Å². The third-order valence-electron chi connectivity index (χ3n) is 3.21. The quantitative estimate of drug-likeness (QED) is 0.414. The van der Waals surface area contributed by atoms with Crippen LogP contribution in [0.3, 0.4) is 0 Å². The van der Waals surface area contributed by atoms with E-state index in [1.165, 1.54) is 5.56 Å². The Labute approximate surface area is 138 Å². The number of oxime groups is 1. The van der Waals surface area contributed by atoms with Gasteiger partial charge in [-0.2, -0.15) is 0 Å². The van der Waals surface area contributed by atoms with E-state index < -0.39 is 0 Å². The van der Waals surface area contributed by atoms with Crippen molar-refractivity contribution in [3.05, 3.63) is 35.4 Å². The van der Waals surface area contributed by atoms with Gasteiger partial charge in [-0.05, 0) is 38.3 Å². The van der Waals surface area contributed by atoms with Crippen molar-refractivity contribution in [1.82, 2.24) is 5.32 Å². The molecule has 0 saturated carbocycles. The minimum Gasteiger partial charge on any atom is -0.384 e. The van der Waals surface area contributed by atoms with Crippen LogP contribution in [0.1, 0.15) is 44.9 Å². The van der Waals surface area contributed by atoms with E-state index in [0.717, 1.165) is 12.0 Å². The maximum absolute atomic E-state index is 11.8. The van der Waals surface area contributed by atoms with Crippen LogP contribution in [-0.4, -0.2) is 31.1 Å². The highest BCUT2D eigenvalue weighted by Gasteiger charge is 2.10. The lowest BCUT2D eigenvalue weighted by Gasteiger charge is -2.14. The van der Waals surface area contributed by atoms with Crippen molar-refractivity contribution in [2.75, 3.05) is 13.2 Å². The van der Waals surface area contributed by atoms with Crippen molar-refractivity contribution in [3.63, 3.8) is 0 Å². The summed E-state index contributed by atoms with van der Waals surface area (Å²) in [5.74, 6) is -0.0481. The molecule has 1 rings (SSSR count). The first-order valence-electron chi connectivity index (χ1n) is 7.86. The molecule has 0 spiro atoms. The summed E-state index contributed by atoms with van der Waals surface area (Å²) < 4.78 is 5.27. The van der Waals surface area contributed by atoms with Gasteiger partial charge < -0.3 is 20.6 Å². The Hall–Kier alpha value is -2.08. The summed E-state index contributed by atoms with van der Waals surface area (Å²) in [6, 6.07) is 8.07. The molecule has 1 atom stereocenters. The predicted molar refractivity (Wildman–Crippen MR) is 91.0 cm³/mol. The number of amides is 1. The number of hydrogen-bond donors (Lipinski definition) is 2. The zero-order valence-electron chi connectivity index (χ0n) is 14.3. The van der Waals surface area contributed by atoms with Crippen LogP contribution in [-0.2, 0) is 20.8 Å². The number of nitrogens with two attached hydrogens (primary N) is 1. The first kappa shape index (κ1) is 19.0. The molecule has 0 fully saturated rings. The van der Waals surface area contributed by atoms with Crippen LogP contribution in [0.2, 0.25) is 0 Å². The Morgan fingerprint density at radius 3 is 2.43 bits per heavy atom. The number of ether oxygens (including phenoxy) is 1. The van der Waals surface area contributed by atoms with Gasteiger partial charge in [-0.3, -0.25) is 4.79 Å². The lowest BCUT2D eigenvalue weighted by molar-refractivity contribution is -0.126. The van der Waals surface area contributed by atoms with E-state index >= 15 is 0 Å². The van der Waals surface area contributed by atoms with E-state index in [9.17, 15) is 4.79 Å². The van der Waals surface area contributed by atoms with E-state index in [1.54, 1.807) is 0 Å². The van der Waals surface area contributed by atoms with Crippen molar-refractivity contribution in [2.24, 2.45) is 10.9 Å². The summed E-state index contributed by atoms with van der Waals surface area (Å²) in [7, 11) is 0. The van der Waals surface area contributed by atoms with Gasteiger partial charge in [-0.15, -0.1) is 0 Å². The topological polar surface area (TPSA) is 85.9 Å². The average molecular weight is 321 g/mol. The summed E-state index contributed by atoms with van der Waals surface area (Å²) in [5.41, 5.74) is 7.91. The van der Waals surface area contributed by atoms with E-state index in [-0.39, 0.29) is 37.1 Å². The fourth-order valence-electron chi connectivity index (χ4n) is 1.86. The predicted octanol–water partition coefficient (Wildman–Crippen LogP) is 2.14. The number of hydrogen-bond acceptors (Lipinski definition) is 4. The standard InChI is InChI=1S/C17H27N3O3/c1-5-14-6-8-15(9-7-14)13(4)19-17(21)11-23-20-16(18)10-22-12(2)3/h6-9,12-13H,5,10-11H2,1-4H3,(H2,18,20)(H,19,21). The molecule has 128 valence electrons. The van der Waals surface area contributed by atoms with Crippen molar-refractivity contribution in [1.29, 1.82) is 0 Å². The lowest BCUT2D eigenvalue weighted by Crippen LogP contribution is -2.30. The highest BCUT2D eigenvalue weighted by atomic mass is 16.6. The van der Waals surface area contributed by atoms with Gasteiger partial charge in [0.05, 0.1) is 12.1 Å². The van der Waals surface area contributed by atoms with Gasteiger partial charge in [0.25, 0.3) is 5.91 Å². The van der Waals surface area contributed by atoms with E-state index in [2.05, 4.69) is 29.5 Å². The molecule has 6 nitrogen and oxygen atoms in total. The molecule has 1 aromatic rings. The van der Waals surface area contributed by atoms with Crippen LogP contribution in [0.4, 0.5) is 0 Å². The Morgan fingerprint density at radius 1 is 1.22 bits per heavy atom. The van der Waals surface area contributed by atoms with Crippen molar-refractivity contribution < 1.29 is 14.4 Å². The fraction of sp³-hybridized carbons (Fsp3) is 0.529. The van der Waals surface area contributed by atoms with E-state index in [1.807, 2.05) is 32.9 Å². The van der Waals surface area contributed by atoms with Gasteiger partial charge in [0.2, 0.25) is 0 Å². The van der Waals surface area contributed by atoms with Gasteiger partial charge in [0.1, 0.15) is 6.61 Å². The maximum atomic E-state index is 11.8. The van der Waals surface area contributed by atoms with Crippen molar-refractivity contribution in [3.8, 4) is 0 Å². The largest absolute Gasteiger partial charge is 0.384 e. The molecule has 0 bridgehead atoms. The average Bonchev–Trinajstić information content (AvgIpc) is 2.52. The van der Waals surface area contributed by atoms with Gasteiger partial charge in [-0.1, -0.05) is 36.3 Å². The molecule has 0 heterocycles. The van der Waals surface area contributed by atoms with Crippen LogP contribution in [0.15, 0.2) is 29.4 Å². The number of rotatable bonds is 9.